The molecule has 0 bridgehead atoms. The third-order valence-corrected chi connectivity index (χ3v) is 5.95. The van der Waals surface area contributed by atoms with Crippen LogP contribution in [0.2, 0.25) is 0 Å². The Morgan fingerprint density at radius 2 is 1.57 bits per heavy atom. The summed E-state index contributed by atoms with van der Waals surface area (Å²) in [7, 11) is -1.48. The van der Waals surface area contributed by atoms with Gasteiger partial charge >= 0.3 is 0 Å². The van der Waals surface area contributed by atoms with Crippen LogP contribution in [-0.2, 0) is 10.0 Å². The van der Waals surface area contributed by atoms with E-state index in [1.165, 1.54) is 0 Å². The molecule has 0 unspecified atom stereocenters. The minimum Gasteiger partial charge on any atom is -0.398 e. The molecule has 6 heteroatoms. The van der Waals surface area contributed by atoms with Crippen molar-refractivity contribution >= 4 is 26.5 Å². The second-order valence-corrected chi connectivity index (χ2v) is 7.31. The number of anilines is 1. The summed E-state index contributed by atoms with van der Waals surface area (Å²) >= 11 is 0. The maximum Gasteiger partial charge on any atom is 0.243 e. The van der Waals surface area contributed by atoms with Gasteiger partial charge in [-0.05, 0) is 19.2 Å². The van der Waals surface area contributed by atoms with Crippen molar-refractivity contribution in [2.24, 2.45) is 0 Å². The molecule has 0 atom stereocenters. The van der Waals surface area contributed by atoms with Crippen molar-refractivity contribution in [3.05, 3.63) is 36.4 Å². The Labute approximate surface area is 125 Å². The van der Waals surface area contributed by atoms with Crippen LogP contribution in [0.1, 0.15) is 0 Å². The molecule has 0 saturated carbocycles. The number of hydrogen-bond acceptors (Lipinski definition) is 4. The van der Waals surface area contributed by atoms with Gasteiger partial charge in [-0.2, -0.15) is 4.31 Å². The number of piperazine rings is 1. The zero-order valence-corrected chi connectivity index (χ0v) is 12.8. The van der Waals surface area contributed by atoms with Gasteiger partial charge in [0.1, 0.15) is 0 Å². The fourth-order valence-corrected chi connectivity index (χ4v) is 4.31. The van der Waals surface area contributed by atoms with E-state index in [0.717, 1.165) is 18.5 Å². The first-order chi connectivity index (χ1) is 10.00. The average molecular weight is 305 g/mol. The van der Waals surface area contributed by atoms with E-state index in [-0.39, 0.29) is 0 Å². The Bertz CT molecular complexity index is 766. The van der Waals surface area contributed by atoms with Crippen LogP contribution in [0, 0.1) is 0 Å². The molecule has 2 aromatic rings. The highest BCUT2D eigenvalue weighted by molar-refractivity contribution is 7.89. The summed E-state index contributed by atoms with van der Waals surface area (Å²) in [6.45, 7) is 2.56. The molecule has 2 N–H and O–H groups in total. The van der Waals surface area contributed by atoms with Crippen molar-refractivity contribution in [2.75, 3.05) is 39.0 Å². The van der Waals surface area contributed by atoms with Crippen molar-refractivity contribution in [3.8, 4) is 0 Å². The molecule has 0 aliphatic carbocycles. The normalized spacial score (nSPS) is 18.1. The maximum atomic E-state index is 12.9. The minimum atomic E-state index is -3.48. The SMILES string of the molecule is CN1CCN(S(=O)(=O)c2ccc(N)c3ccccc23)CC1. The van der Waals surface area contributed by atoms with Gasteiger partial charge in [0, 0.05) is 42.6 Å². The topological polar surface area (TPSA) is 66.6 Å². The zero-order chi connectivity index (χ0) is 15.0. The number of nitrogens with zero attached hydrogens (tertiary/aromatic N) is 2. The first-order valence-corrected chi connectivity index (χ1v) is 8.40. The monoisotopic (exact) mass is 305 g/mol. The molecular formula is C15H19N3O2S. The van der Waals surface area contributed by atoms with Gasteiger partial charge in [0.05, 0.1) is 4.90 Å². The lowest BCUT2D eigenvalue weighted by molar-refractivity contribution is 0.222. The van der Waals surface area contributed by atoms with Gasteiger partial charge in [-0.15, -0.1) is 0 Å². The number of fused-ring (bicyclic) bond motifs is 1. The van der Waals surface area contributed by atoms with Crippen LogP contribution in [0.4, 0.5) is 5.69 Å². The third-order valence-electron chi connectivity index (χ3n) is 4.00. The summed E-state index contributed by atoms with van der Waals surface area (Å²) in [5, 5.41) is 1.48. The Morgan fingerprint density at radius 3 is 2.24 bits per heavy atom. The van der Waals surface area contributed by atoms with Crippen LogP contribution in [0.5, 0.6) is 0 Å². The molecule has 0 radical (unpaired) electrons. The number of sulfonamides is 1. The smallest absolute Gasteiger partial charge is 0.243 e. The lowest BCUT2D eigenvalue weighted by Gasteiger charge is -2.31. The fourth-order valence-electron chi connectivity index (χ4n) is 2.69. The molecule has 3 rings (SSSR count). The molecule has 1 aliphatic rings. The van der Waals surface area contributed by atoms with Crippen LogP contribution in [-0.4, -0.2) is 50.8 Å². The predicted octanol–water partition coefficient (Wildman–Crippen LogP) is 1.36. The molecule has 1 fully saturated rings. The van der Waals surface area contributed by atoms with Gasteiger partial charge in [0.2, 0.25) is 10.0 Å². The maximum absolute atomic E-state index is 12.9. The zero-order valence-electron chi connectivity index (χ0n) is 12.0. The van der Waals surface area contributed by atoms with Crippen LogP contribution in [0.15, 0.2) is 41.3 Å². The molecule has 2 aromatic carbocycles. The average Bonchev–Trinajstić information content (AvgIpc) is 2.48. The first kappa shape index (κ1) is 14.3. The summed E-state index contributed by atoms with van der Waals surface area (Å²) < 4.78 is 27.3. The molecule has 5 nitrogen and oxygen atoms in total. The minimum absolute atomic E-state index is 0.344. The number of benzene rings is 2. The molecule has 0 amide bonds. The second-order valence-electron chi connectivity index (χ2n) is 5.41. The predicted molar refractivity (Wildman–Crippen MR) is 84.6 cm³/mol. The van der Waals surface area contributed by atoms with Crippen LogP contribution >= 0.6 is 0 Å². The van der Waals surface area contributed by atoms with Crippen molar-refractivity contribution < 1.29 is 8.42 Å². The van der Waals surface area contributed by atoms with Crippen LogP contribution < -0.4 is 5.73 Å². The summed E-state index contributed by atoms with van der Waals surface area (Å²) in [5.74, 6) is 0. The Kier molecular flexibility index (Phi) is 3.61. The largest absolute Gasteiger partial charge is 0.398 e. The van der Waals surface area contributed by atoms with E-state index in [1.807, 2.05) is 31.3 Å². The number of hydrogen-bond donors (Lipinski definition) is 1. The highest BCUT2D eigenvalue weighted by Crippen LogP contribution is 2.29. The molecule has 1 saturated heterocycles. The Balaban J connectivity index is 2.09. The standard InChI is InChI=1S/C15H19N3O2S/c1-17-8-10-18(11-9-17)21(19,20)15-7-6-14(16)12-4-2-3-5-13(12)15/h2-7H,8-11,16H2,1H3. The van der Waals surface area contributed by atoms with E-state index >= 15 is 0 Å². The van der Waals surface area contributed by atoms with Gasteiger partial charge in [-0.25, -0.2) is 8.42 Å². The van der Waals surface area contributed by atoms with E-state index in [4.69, 9.17) is 5.73 Å². The van der Waals surface area contributed by atoms with Crippen molar-refractivity contribution in [1.82, 2.24) is 9.21 Å². The van der Waals surface area contributed by atoms with Crippen molar-refractivity contribution in [1.29, 1.82) is 0 Å². The van der Waals surface area contributed by atoms with E-state index in [9.17, 15) is 8.42 Å². The second kappa shape index (κ2) is 5.29. The Morgan fingerprint density at radius 1 is 0.952 bits per heavy atom. The summed E-state index contributed by atoms with van der Waals surface area (Å²) in [5.41, 5.74) is 6.55. The van der Waals surface area contributed by atoms with E-state index < -0.39 is 10.0 Å². The van der Waals surface area contributed by atoms with Crippen molar-refractivity contribution in [2.45, 2.75) is 4.90 Å². The number of nitrogen functional groups attached to an aromatic ring is 1. The van der Waals surface area contributed by atoms with E-state index in [0.29, 0.717) is 29.1 Å². The summed E-state index contributed by atoms with van der Waals surface area (Å²) in [4.78, 5) is 2.48. The first-order valence-electron chi connectivity index (χ1n) is 6.96. The van der Waals surface area contributed by atoms with Crippen molar-refractivity contribution in [3.63, 3.8) is 0 Å². The molecule has 21 heavy (non-hydrogen) atoms. The summed E-state index contributed by atoms with van der Waals surface area (Å²) in [6.07, 6.45) is 0. The third kappa shape index (κ3) is 2.50. The molecule has 0 spiro atoms. The number of nitrogens with two attached hydrogens (primary N) is 1. The highest BCUT2D eigenvalue weighted by Gasteiger charge is 2.28. The van der Waals surface area contributed by atoms with Crippen LogP contribution in [0.3, 0.4) is 0 Å². The van der Waals surface area contributed by atoms with Gasteiger partial charge in [-0.3, -0.25) is 0 Å². The van der Waals surface area contributed by atoms with Crippen LogP contribution in [0.25, 0.3) is 10.8 Å². The van der Waals surface area contributed by atoms with Gasteiger partial charge in [0.15, 0.2) is 0 Å². The van der Waals surface area contributed by atoms with Gasteiger partial charge < -0.3 is 10.6 Å². The number of rotatable bonds is 2. The lowest BCUT2D eigenvalue weighted by atomic mass is 10.1. The van der Waals surface area contributed by atoms with Gasteiger partial charge in [0.25, 0.3) is 0 Å². The Hall–Kier alpha value is -1.63. The quantitative estimate of drug-likeness (QED) is 0.851. The van der Waals surface area contributed by atoms with E-state index in [1.54, 1.807) is 16.4 Å². The highest BCUT2D eigenvalue weighted by atomic mass is 32.2. The summed E-state index contributed by atoms with van der Waals surface area (Å²) in [6, 6.07) is 10.7. The van der Waals surface area contributed by atoms with E-state index in [2.05, 4.69) is 4.90 Å². The molecule has 0 aromatic heterocycles. The van der Waals surface area contributed by atoms with Gasteiger partial charge in [-0.1, -0.05) is 24.3 Å². The molecular weight excluding hydrogens is 286 g/mol. The molecule has 112 valence electrons. The molecule has 1 heterocycles. The number of likely N-dealkylation sites (N-methyl/N-ethyl adjacent to an activating group) is 1. The molecule has 1 aliphatic heterocycles. The lowest BCUT2D eigenvalue weighted by Crippen LogP contribution is -2.47. The fraction of sp³-hybridized carbons (Fsp3) is 0.333.